The number of hydrogen-bond donors (Lipinski definition) is 1. The summed E-state index contributed by atoms with van der Waals surface area (Å²) >= 11 is 0. The Kier molecular flexibility index (Phi) is 9.87. The largest absolute Gasteiger partial charge is 0.494 e. The Balaban J connectivity index is 1.53. The smallest absolute Gasteiger partial charge is 0.255 e. The topological polar surface area (TPSA) is 75.7 Å². The average molecular weight is 495 g/mol. The second kappa shape index (κ2) is 13.1. The molecule has 0 atom stereocenters. The van der Waals surface area contributed by atoms with E-state index in [1.165, 1.54) is 35.7 Å². The maximum absolute atomic E-state index is 12.9. The number of ether oxygens (including phenoxy) is 1. The molecule has 0 spiro atoms. The molecule has 0 aliphatic heterocycles. The minimum Gasteiger partial charge on any atom is -0.494 e. The summed E-state index contributed by atoms with van der Waals surface area (Å²) in [7, 11) is -2.09. The van der Waals surface area contributed by atoms with Gasteiger partial charge in [-0.3, -0.25) is 4.79 Å². The first-order valence-corrected chi connectivity index (χ1v) is 13.5. The van der Waals surface area contributed by atoms with E-state index in [-0.39, 0.29) is 17.3 Å². The summed E-state index contributed by atoms with van der Waals surface area (Å²) in [6.45, 7) is 3.14. The zero-order chi connectivity index (χ0) is 25.1. The highest BCUT2D eigenvalue weighted by Crippen LogP contribution is 2.20. The summed E-state index contributed by atoms with van der Waals surface area (Å²) in [6.07, 6.45) is 5.90. The van der Waals surface area contributed by atoms with Crippen LogP contribution in [0.4, 0.5) is 5.69 Å². The zero-order valence-electron chi connectivity index (χ0n) is 20.4. The normalized spacial score (nSPS) is 11.4. The monoisotopic (exact) mass is 494 g/mol. The van der Waals surface area contributed by atoms with Crippen LogP contribution in [0.3, 0.4) is 0 Å². The molecule has 3 aromatic rings. The molecule has 0 saturated heterocycles. The first-order valence-electron chi connectivity index (χ1n) is 12.0. The SMILES string of the molecule is CCCCCCCOc1ccc(C(=O)Nc2ccc(S(=O)(=O)N(C)Cc3ccccc3)cc2)cc1. The summed E-state index contributed by atoms with van der Waals surface area (Å²) in [4.78, 5) is 12.8. The highest BCUT2D eigenvalue weighted by molar-refractivity contribution is 7.89. The lowest BCUT2D eigenvalue weighted by molar-refractivity contribution is 0.102. The van der Waals surface area contributed by atoms with Gasteiger partial charge in [0.05, 0.1) is 11.5 Å². The fourth-order valence-electron chi connectivity index (χ4n) is 3.62. The standard InChI is InChI=1S/C28H34N2O4S/c1-3-4-5-6-10-21-34-26-17-13-24(14-18-26)28(31)29-25-15-19-27(20-16-25)35(32,33)30(2)22-23-11-8-7-9-12-23/h7-9,11-20H,3-6,10,21-22H2,1-2H3,(H,29,31). The first kappa shape index (κ1) is 26.4. The fraction of sp³-hybridized carbons (Fsp3) is 0.321. The van der Waals surface area contributed by atoms with E-state index >= 15 is 0 Å². The fourth-order valence-corrected chi connectivity index (χ4v) is 4.78. The first-order chi connectivity index (χ1) is 16.9. The molecule has 3 rings (SSSR count). The molecule has 0 aliphatic carbocycles. The van der Waals surface area contributed by atoms with Gasteiger partial charge in [-0.05, 0) is 60.5 Å². The van der Waals surface area contributed by atoms with Crippen LogP contribution in [0, 0.1) is 0 Å². The van der Waals surface area contributed by atoms with Crippen LogP contribution in [0.25, 0.3) is 0 Å². The molecule has 0 radical (unpaired) electrons. The highest BCUT2D eigenvalue weighted by Gasteiger charge is 2.21. The van der Waals surface area contributed by atoms with Gasteiger partial charge in [-0.25, -0.2) is 8.42 Å². The lowest BCUT2D eigenvalue weighted by Crippen LogP contribution is -2.26. The number of carbonyl (C=O) groups excluding carboxylic acids is 1. The summed E-state index contributed by atoms with van der Waals surface area (Å²) in [6, 6.07) is 22.6. The molecule has 7 heteroatoms. The quantitative estimate of drug-likeness (QED) is 0.291. The lowest BCUT2D eigenvalue weighted by atomic mass is 10.1. The second-order valence-corrected chi connectivity index (χ2v) is 10.6. The Morgan fingerprint density at radius 1 is 0.857 bits per heavy atom. The van der Waals surface area contributed by atoms with Crippen LogP contribution in [0.1, 0.15) is 54.9 Å². The molecule has 186 valence electrons. The minimum absolute atomic E-state index is 0.171. The molecular weight excluding hydrogens is 460 g/mol. The van der Waals surface area contributed by atoms with E-state index in [1.54, 1.807) is 43.4 Å². The van der Waals surface area contributed by atoms with Gasteiger partial charge < -0.3 is 10.1 Å². The molecule has 35 heavy (non-hydrogen) atoms. The van der Waals surface area contributed by atoms with Crippen molar-refractivity contribution < 1.29 is 17.9 Å². The van der Waals surface area contributed by atoms with Crippen LogP contribution in [0.15, 0.2) is 83.8 Å². The molecule has 0 fully saturated rings. The Bertz CT molecular complexity index is 1160. The van der Waals surface area contributed by atoms with Crippen LogP contribution in [-0.2, 0) is 16.6 Å². The zero-order valence-corrected chi connectivity index (χ0v) is 21.3. The van der Waals surface area contributed by atoms with Crippen LogP contribution in [0.5, 0.6) is 5.75 Å². The molecule has 0 heterocycles. The van der Waals surface area contributed by atoms with Crippen molar-refractivity contribution in [2.24, 2.45) is 0 Å². The molecule has 0 saturated carbocycles. The Morgan fingerprint density at radius 2 is 1.51 bits per heavy atom. The number of rotatable bonds is 13. The second-order valence-electron chi connectivity index (χ2n) is 8.51. The summed E-state index contributed by atoms with van der Waals surface area (Å²) in [5.41, 5.74) is 1.93. The maximum atomic E-state index is 12.9. The molecule has 6 nitrogen and oxygen atoms in total. The van der Waals surface area contributed by atoms with E-state index < -0.39 is 10.0 Å². The van der Waals surface area contributed by atoms with Crippen LogP contribution < -0.4 is 10.1 Å². The Morgan fingerprint density at radius 3 is 2.17 bits per heavy atom. The predicted octanol–water partition coefficient (Wildman–Crippen LogP) is 6.11. The number of benzene rings is 3. The summed E-state index contributed by atoms with van der Waals surface area (Å²) < 4.78 is 32.8. The molecule has 0 aromatic heterocycles. The molecular formula is C28H34N2O4S. The van der Waals surface area contributed by atoms with Crippen molar-refractivity contribution in [2.45, 2.75) is 50.5 Å². The summed E-state index contributed by atoms with van der Waals surface area (Å²) in [5, 5.41) is 2.81. The van der Waals surface area contributed by atoms with Gasteiger partial charge in [0.15, 0.2) is 0 Å². The molecule has 0 aliphatic rings. The van der Waals surface area contributed by atoms with Crippen molar-refractivity contribution in [3.8, 4) is 5.75 Å². The van der Waals surface area contributed by atoms with Crippen LogP contribution in [-0.4, -0.2) is 32.3 Å². The van der Waals surface area contributed by atoms with Crippen molar-refractivity contribution in [1.82, 2.24) is 4.31 Å². The lowest BCUT2D eigenvalue weighted by Gasteiger charge is -2.17. The molecule has 0 bridgehead atoms. The van der Waals surface area contributed by atoms with Crippen molar-refractivity contribution in [2.75, 3.05) is 19.0 Å². The summed E-state index contributed by atoms with van der Waals surface area (Å²) in [5.74, 6) is 0.471. The highest BCUT2D eigenvalue weighted by atomic mass is 32.2. The number of sulfonamides is 1. The van der Waals surface area contributed by atoms with Gasteiger partial charge >= 0.3 is 0 Å². The van der Waals surface area contributed by atoms with Gasteiger partial charge in [-0.15, -0.1) is 0 Å². The molecule has 1 amide bonds. The van der Waals surface area contributed by atoms with Crippen molar-refractivity contribution >= 4 is 21.6 Å². The predicted molar refractivity (Wildman–Crippen MR) is 140 cm³/mol. The van der Waals surface area contributed by atoms with Gasteiger partial charge in [0.25, 0.3) is 5.91 Å². The third-order valence-electron chi connectivity index (χ3n) is 5.70. The van der Waals surface area contributed by atoms with E-state index in [4.69, 9.17) is 4.74 Å². The van der Waals surface area contributed by atoms with E-state index in [9.17, 15) is 13.2 Å². The third kappa shape index (κ3) is 7.94. The van der Waals surface area contributed by atoms with E-state index in [0.717, 1.165) is 24.2 Å². The maximum Gasteiger partial charge on any atom is 0.255 e. The number of carbonyl (C=O) groups is 1. The van der Waals surface area contributed by atoms with Gasteiger partial charge in [0.2, 0.25) is 10.0 Å². The van der Waals surface area contributed by atoms with E-state index in [1.807, 2.05) is 30.3 Å². The Hall–Kier alpha value is -3.16. The van der Waals surface area contributed by atoms with Gasteiger partial charge in [0.1, 0.15) is 5.75 Å². The number of anilines is 1. The third-order valence-corrected chi connectivity index (χ3v) is 7.52. The van der Waals surface area contributed by atoms with Crippen LogP contribution >= 0.6 is 0 Å². The van der Waals surface area contributed by atoms with Crippen molar-refractivity contribution in [3.63, 3.8) is 0 Å². The molecule has 0 unspecified atom stereocenters. The number of unbranched alkanes of at least 4 members (excludes halogenated alkanes) is 4. The number of nitrogens with one attached hydrogen (secondary N) is 1. The van der Waals surface area contributed by atoms with Crippen molar-refractivity contribution in [3.05, 3.63) is 90.0 Å². The Labute approximate surface area is 209 Å². The van der Waals surface area contributed by atoms with Gasteiger partial charge in [-0.2, -0.15) is 4.31 Å². The van der Waals surface area contributed by atoms with Crippen LogP contribution in [0.2, 0.25) is 0 Å². The minimum atomic E-state index is -3.65. The van der Waals surface area contributed by atoms with Gasteiger partial charge in [0, 0.05) is 24.8 Å². The molecule has 1 N–H and O–H groups in total. The average Bonchev–Trinajstić information content (AvgIpc) is 2.87. The molecule has 3 aromatic carbocycles. The van der Waals surface area contributed by atoms with E-state index in [2.05, 4.69) is 12.2 Å². The van der Waals surface area contributed by atoms with E-state index in [0.29, 0.717) is 17.9 Å². The van der Waals surface area contributed by atoms with Gasteiger partial charge in [-0.1, -0.05) is 62.9 Å². The number of hydrogen-bond acceptors (Lipinski definition) is 4. The van der Waals surface area contributed by atoms with Crippen molar-refractivity contribution in [1.29, 1.82) is 0 Å². The number of amides is 1. The number of nitrogens with zero attached hydrogens (tertiary/aromatic N) is 1.